The number of fused-ring (bicyclic) bond motifs is 1. The van der Waals surface area contributed by atoms with Crippen molar-refractivity contribution in [2.75, 3.05) is 27.2 Å². The minimum atomic E-state index is -0.671. The number of benzene rings is 2. The molecule has 0 radical (unpaired) electrons. The first-order valence-corrected chi connectivity index (χ1v) is 8.54. The van der Waals surface area contributed by atoms with Gasteiger partial charge in [-0.15, -0.1) is 0 Å². The lowest BCUT2D eigenvalue weighted by Crippen LogP contribution is -2.29. The summed E-state index contributed by atoms with van der Waals surface area (Å²) >= 11 is 0. The number of hydrogen-bond acceptors (Lipinski definition) is 4. The van der Waals surface area contributed by atoms with E-state index in [-0.39, 0.29) is 18.5 Å². The van der Waals surface area contributed by atoms with Crippen LogP contribution in [0, 0.1) is 10.7 Å². The van der Waals surface area contributed by atoms with Gasteiger partial charge in [-0.1, -0.05) is 41.6 Å². The van der Waals surface area contributed by atoms with Crippen molar-refractivity contribution in [2.24, 2.45) is 5.18 Å². The molecule has 0 bridgehead atoms. The van der Waals surface area contributed by atoms with Gasteiger partial charge in [0.2, 0.25) is 0 Å². The molecule has 3 rings (SSSR count). The van der Waals surface area contributed by atoms with E-state index in [1.54, 1.807) is 12.1 Å². The Balaban J connectivity index is 2.05. The van der Waals surface area contributed by atoms with Gasteiger partial charge in [0.1, 0.15) is 24.1 Å². The number of hydrogen-bond donors (Lipinski definition) is 0. The molecule has 2 aromatic carbocycles. The zero-order chi connectivity index (χ0) is 17.9. The molecule has 2 unspecified atom stereocenters. The Hall–Kier alpha value is -2.11. The van der Waals surface area contributed by atoms with Crippen LogP contribution in [0.4, 0.5) is 4.39 Å². The van der Waals surface area contributed by atoms with Gasteiger partial charge >= 0.3 is 0 Å². The van der Waals surface area contributed by atoms with Crippen LogP contribution in [0.5, 0.6) is 0 Å². The van der Waals surface area contributed by atoms with E-state index >= 15 is 0 Å². The topological polar surface area (TPSA) is 41.9 Å². The number of rotatable bonds is 7. The van der Waals surface area contributed by atoms with E-state index in [1.165, 1.54) is 12.1 Å². The van der Waals surface area contributed by atoms with Crippen LogP contribution in [-0.4, -0.2) is 32.1 Å². The molecule has 1 aliphatic rings. The number of nitrogens with zero attached hydrogens (tertiary/aromatic N) is 2. The fourth-order valence-electron chi connectivity index (χ4n) is 3.64. The second-order valence-corrected chi connectivity index (χ2v) is 6.75. The first-order chi connectivity index (χ1) is 12.1. The van der Waals surface area contributed by atoms with Gasteiger partial charge in [0.15, 0.2) is 0 Å². The third-order valence-corrected chi connectivity index (χ3v) is 4.77. The van der Waals surface area contributed by atoms with E-state index in [2.05, 4.69) is 10.1 Å². The van der Waals surface area contributed by atoms with Crippen LogP contribution in [0.25, 0.3) is 0 Å². The monoisotopic (exact) mass is 342 g/mol. The summed E-state index contributed by atoms with van der Waals surface area (Å²) in [7, 11) is 4.07. The first-order valence-electron chi connectivity index (χ1n) is 8.54. The van der Waals surface area contributed by atoms with Crippen molar-refractivity contribution in [3.05, 3.63) is 75.9 Å². The van der Waals surface area contributed by atoms with Crippen molar-refractivity contribution in [1.82, 2.24) is 4.90 Å². The standard InChI is InChI=1S/C20H23FN2O2/c1-23(2)13-5-12-20(15-8-10-16(21)11-9-15)18-7-4-3-6-17(18)19(25-20)14-22-24/h3-4,6-11,19H,5,12-14H2,1-2H3. The van der Waals surface area contributed by atoms with Gasteiger partial charge in [-0.25, -0.2) is 4.39 Å². The zero-order valence-corrected chi connectivity index (χ0v) is 14.6. The van der Waals surface area contributed by atoms with Crippen LogP contribution < -0.4 is 0 Å². The van der Waals surface area contributed by atoms with Crippen molar-refractivity contribution < 1.29 is 9.13 Å². The Morgan fingerprint density at radius 1 is 1.16 bits per heavy atom. The van der Waals surface area contributed by atoms with Crippen molar-refractivity contribution in [1.29, 1.82) is 0 Å². The molecule has 0 aliphatic carbocycles. The van der Waals surface area contributed by atoms with Gasteiger partial charge in [0, 0.05) is 0 Å². The molecule has 25 heavy (non-hydrogen) atoms. The van der Waals surface area contributed by atoms with E-state index in [4.69, 9.17) is 4.74 Å². The van der Waals surface area contributed by atoms with Crippen LogP contribution >= 0.6 is 0 Å². The quantitative estimate of drug-likeness (QED) is 0.707. The fraction of sp³-hybridized carbons (Fsp3) is 0.400. The van der Waals surface area contributed by atoms with E-state index in [1.807, 2.05) is 38.4 Å². The highest BCUT2D eigenvalue weighted by molar-refractivity contribution is 5.46. The van der Waals surface area contributed by atoms with Gasteiger partial charge in [-0.05, 0) is 62.3 Å². The highest BCUT2D eigenvalue weighted by Crippen LogP contribution is 2.50. The SMILES string of the molecule is CN(C)CCCC1(c2ccc(F)cc2)OC(CN=O)c2ccccc21. The van der Waals surface area contributed by atoms with E-state index in [0.717, 1.165) is 36.1 Å². The molecule has 0 saturated carbocycles. The molecule has 4 nitrogen and oxygen atoms in total. The molecular weight excluding hydrogens is 319 g/mol. The Morgan fingerprint density at radius 3 is 2.56 bits per heavy atom. The lowest BCUT2D eigenvalue weighted by atomic mass is 9.81. The highest BCUT2D eigenvalue weighted by atomic mass is 19.1. The first kappa shape index (κ1) is 17.7. The lowest BCUT2D eigenvalue weighted by Gasteiger charge is -2.32. The predicted molar refractivity (Wildman–Crippen MR) is 95.9 cm³/mol. The molecule has 0 N–H and O–H groups in total. The predicted octanol–water partition coefficient (Wildman–Crippen LogP) is 4.25. The average Bonchev–Trinajstić information content (AvgIpc) is 2.91. The molecule has 0 fully saturated rings. The largest absolute Gasteiger partial charge is 0.356 e. The Bertz CT molecular complexity index is 733. The summed E-state index contributed by atoms with van der Waals surface area (Å²) in [4.78, 5) is 13.0. The Kier molecular flexibility index (Phi) is 5.25. The van der Waals surface area contributed by atoms with Gasteiger partial charge in [-0.2, -0.15) is 4.91 Å². The molecule has 0 amide bonds. The summed E-state index contributed by atoms with van der Waals surface area (Å²) in [5, 5.41) is 3.06. The molecule has 2 aromatic rings. The lowest BCUT2D eigenvalue weighted by molar-refractivity contribution is -0.0518. The second kappa shape index (κ2) is 7.42. The smallest absolute Gasteiger partial charge is 0.123 e. The second-order valence-electron chi connectivity index (χ2n) is 6.75. The molecule has 1 aliphatic heterocycles. The minimum absolute atomic E-state index is 0.0770. The third-order valence-electron chi connectivity index (χ3n) is 4.77. The average molecular weight is 342 g/mol. The van der Waals surface area contributed by atoms with Crippen LogP contribution in [0.1, 0.15) is 35.6 Å². The van der Waals surface area contributed by atoms with Gasteiger partial charge in [0.05, 0.1) is 0 Å². The molecule has 1 heterocycles. The van der Waals surface area contributed by atoms with Gasteiger partial charge in [-0.3, -0.25) is 0 Å². The van der Waals surface area contributed by atoms with E-state index in [9.17, 15) is 9.30 Å². The minimum Gasteiger partial charge on any atom is -0.356 e. The normalized spacial score (nSPS) is 22.2. The van der Waals surface area contributed by atoms with Crippen molar-refractivity contribution >= 4 is 0 Å². The van der Waals surface area contributed by atoms with Crippen molar-refractivity contribution in [3.8, 4) is 0 Å². The summed E-state index contributed by atoms with van der Waals surface area (Å²) in [6.07, 6.45) is 1.31. The maximum Gasteiger partial charge on any atom is 0.123 e. The number of nitroso groups, excluding NO2 is 1. The molecule has 2 atom stereocenters. The Morgan fingerprint density at radius 2 is 1.88 bits per heavy atom. The molecular formula is C20H23FN2O2. The summed E-state index contributed by atoms with van der Waals surface area (Å²) in [6, 6.07) is 14.4. The summed E-state index contributed by atoms with van der Waals surface area (Å²) in [5.41, 5.74) is 2.29. The summed E-state index contributed by atoms with van der Waals surface area (Å²) in [6.45, 7) is 0.999. The van der Waals surface area contributed by atoms with Gasteiger partial charge in [0.25, 0.3) is 0 Å². The fourth-order valence-corrected chi connectivity index (χ4v) is 3.64. The molecule has 0 aromatic heterocycles. The third kappa shape index (κ3) is 3.48. The summed E-state index contributed by atoms with van der Waals surface area (Å²) in [5.74, 6) is -0.274. The molecule has 5 heteroatoms. The van der Waals surface area contributed by atoms with E-state index < -0.39 is 5.60 Å². The van der Waals surface area contributed by atoms with Crippen LogP contribution in [0.2, 0.25) is 0 Å². The van der Waals surface area contributed by atoms with E-state index in [0.29, 0.717) is 0 Å². The number of halogens is 1. The van der Waals surface area contributed by atoms with Crippen molar-refractivity contribution in [3.63, 3.8) is 0 Å². The summed E-state index contributed by atoms with van der Waals surface area (Å²) < 4.78 is 19.9. The highest BCUT2D eigenvalue weighted by Gasteiger charge is 2.45. The maximum atomic E-state index is 13.4. The van der Waals surface area contributed by atoms with Crippen LogP contribution in [-0.2, 0) is 10.3 Å². The molecule has 132 valence electrons. The van der Waals surface area contributed by atoms with Crippen LogP contribution in [0.3, 0.4) is 0 Å². The number of ether oxygens (including phenoxy) is 1. The Labute approximate surface area is 147 Å². The molecule has 0 saturated heterocycles. The molecule has 0 spiro atoms. The van der Waals surface area contributed by atoms with Crippen molar-refractivity contribution in [2.45, 2.75) is 24.5 Å². The zero-order valence-electron chi connectivity index (χ0n) is 14.6. The maximum absolute atomic E-state index is 13.4. The van der Waals surface area contributed by atoms with Crippen LogP contribution in [0.15, 0.2) is 53.7 Å². The van der Waals surface area contributed by atoms with Gasteiger partial charge < -0.3 is 9.64 Å².